The van der Waals surface area contributed by atoms with Gasteiger partial charge in [0.15, 0.2) is 0 Å². The Balaban J connectivity index is 0.000000238. The summed E-state index contributed by atoms with van der Waals surface area (Å²) in [7, 11) is 0. The zero-order chi connectivity index (χ0) is 17.2. The number of hydrogen-bond acceptors (Lipinski definition) is 0. The zero-order valence-electron chi connectivity index (χ0n) is 16.3. The van der Waals surface area contributed by atoms with Crippen molar-refractivity contribution in [2.45, 2.75) is 67.2 Å². The van der Waals surface area contributed by atoms with E-state index >= 15 is 0 Å². The summed E-state index contributed by atoms with van der Waals surface area (Å²) >= 11 is 0. The first-order chi connectivity index (χ1) is 10.8. The molecule has 1 heteroatoms. The molecule has 0 fully saturated rings. The first-order valence-electron chi connectivity index (χ1n) is 8.79. The number of fused-ring (bicyclic) bond motifs is 1. The summed E-state index contributed by atoms with van der Waals surface area (Å²) in [6, 6.07) is 8.67. The van der Waals surface area contributed by atoms with Crippen molar-refractivity contribution in [3.8, 4) is 0 Å². The van der Waals surface area contributed by atoms with Crippen LogP contribution >= 0.6 is 0 Å². The first-order valence-corrected chi connectivity index (χ1v) is 8.79. The fraction of sp³-hybridized carbons (Fsp3) is 0.478. The van der Waals surface area contributed by atoms with Crippen molar-refractivity contribution in [2.75, 3.05) is 0 Å². The maximum Gasteiger partial charge on any atom is 0 e. The molecule has 2 aliphatic carbocycles. The molecule has 1 unspecified atom stereocenters. The Morgan fingerprint density at radius 3 is 2.17 bits per heavy atom. The van der Waals surface area contributed by atoms with E-state index in [1.54, 1.807) is 0 Å². The van der Waals surface area contributed by atoms with Gasteiger partial charge in [0, 0.05) is 25.8 Å². The summed E-state index contributed by atoms with van der Waals surface area (Å²) in [6.45, 7) is 15.4. The first kappa shape index (κ1) is 21.4. The Kier molecular flexibility index (Phi) is 7.66. The topological polar surface area (TPSA) is 0 Å². The molecular formula is C23H30Hf-2. The smallest absolute Gasteiger partial charge is 0 e. The fourth-order valence-corrected chi connectivity index (χ4v) is 3.43. The van der Waals surface area contributed by atoms with E-state index in [9.17, 15) is 0 Å². The van der Waals surface area contributed by atoms with Gasteiger partial charge >= 0.3 is 0 Å². The van der Waals surface area contributed by atoms with Crippen LogP contribution in [0.2, 0.25) is 0 Å². The predicted octanol–water partition coefficient (Wildman–Crippen LogP) is 6.90. The van der Waals surface area contributed by atoms with E-state index in [2.05, 4.69) is 84.9 Å². The van der Waals surface area contributed by atoms with Gasteiger partial charge in [-0.3, -0.25) is 12.2 Å². The summed E-state index contributed by atoms with van der Waals surface area (Å²) in [5, 5.41) is 0. The van der Waals surface area contributed by atoms with E-state index in [-0.39, 0.29) is 31.3 Å². The van der Waals surface area contributed by atoms with Crippen LogP contribution in [0.3, 0.4) is 0 Å². The van der Waals surface area contributed by atoms with E-state index in [0.29, 0.717) is 5.92 Å². The third kappa shape index (κ3) is 4.48. The van der Waals surface area contributed by atoms with Gasteiger partial charge in [-0.25, -0.2) is 11.1 Å². The Bertz CT molecular complexity index is 671. The van der Waals surface area contributed by atoms with Crippen LogP contribution in [-0.2, 0) is 25.8 Å². The second kappa shape index (κ2) is 8.61. The van der Waals surface area contributed by atoms with E-state index in [4.69, 9.17) is 0 Å². The summed E-state index contributed by atoms with van der Waals surface area (Å²) < 4.78 is 0. The van der Waals surface area contributed by atoms with Crippen molar-refractivity contribution >= 4 is 5.57 Å². The number of hydrogen-bond donors (Lipinski definition) is 0. The Hall–Kier alpha value is -0.690. The van der Waals surface area contributed by atoms with Crippen LogP contribution < -0.4 is 0 Å². The summed E-state index contributed by atoms with van der Waals surface area (Å²) in [6.07, 6.45) is 9.35. The van der Waals surface area contributed by atoms with Crippen LogP contribution in [-0.4, -0.2) is 0 Å². The minimum absolute atomic E-state index is 0. The maximum absolute atomic E-state index is 3.54. The maximum atomic E-state index is 3.54. The van der Waals surface area contributed by atoms with Gasteiger partial charge in [-0.1, -0.05) is 83.9 Å². The van der Waals surface area contributed by atoms with Crippen molar-refractivity contribution in [1.29, 1.82) is 0 Å². The molecule has 0 saturated carbocycles. The fourth-order valence-electron chi connectivity index (χ4n) is 3.43. The van der Waals surface area contributed by atoms with Crippen molar-refractivity contribution in [1.82, 2.24) is 0 Å². The third-order valence-electron chi connectivity index (χ3n) is 5.21. The van der Waals surface area contributed by atoms with Crippen LogP contribution in [0.25, 0.3) is 5.57 Å². The van der Waals surface area contributed by atoms with E-state index in [0.717, 1.165) is 0 Å². The second-order valence-electron chi connectivity index (χ2n) is 7.31. The average molecular weight is 485 g/mol. The second-order valence-corrected chi connectivity index (χ2v) is 7.31. The molecule has 0 spiro atoms. The largest absolute Gasteiger partial charge is 0.265 e. The summed E-state index contributed by atoms with van der Waals surface area (Å²) in [5.41, 5.74) is 8.69. The molecule has 1 atom stereocenters. The summed E-state index contributed by atoms with van der Waals surface area (Å²) in [5.74, 6) is 0.498. The van der Waals surface area contributed by atoms with Gasteiger partial charge in [0.1, 0.15) is 0 Å². The quantitative estimate of drug-likeness (QED) is 0.316. The molecule has 0 radical (unpaired) electrons. The minimum Gasteiger partial charge on any atom is -0.265 e. The van der Waals surface area contributed by atoms with Crippen molar-refractivity contribution in [3.63, 3.8) is 0 Å². The summed E-state index contributed by atoms with van der Waals surface area (Å²) in [4.78, 5) is 0. The third-order valence-corrected chi connectivity index (χ3v) is 5.21. The molecule has 1 aromatic rings. The molecule has 0 heterocycles. The van der Waals surface area contributed by atoms with Crippen LogP contribution in [0.15, 0.2) is 41.0 Å². The minimum atomic E-state index is 0. The van der Waals surface area contributed by atoms with Crippen molar-refractivity contribution in [2.24, 2.45) is 5.41 Å². The van der Waals surface area contributed by atoms with Gasteiger partial charge < -0.3 is 0 Å². The van der Waals surface area contributed by atoms with Crippen molar-refractivity contribution < 1.29 is 25.8 Å². The molecule has 0 nitrogen and oxygen atoms in total. The predicted molar refractivity (Wildman–Crippen MR) is 101 cm³/mol. The molecule has 3 rings (SSSR count). The van der Waals surface area contributed by atoms with Gasteiger partial charge in [-0.05, 0) is 0 Å². The van der Waals surface area contributed by atoms with Gasteiger partial charge in [0.05, 0.1) is 0 Å². The van der Waals surface area contributed by atoms with Crippen LogP contribution in [0.5, 0.6) is 0 Å². The molecule has 24 heavy (non-hydrogen) atoms. The molecule has 0 bridgehead atoms. The molecule has 2 aliphatic rings. The van der Waals surface area contributed by atoms with Gasteiger partial charge in [0.2, 0.25) is 0 Å². The molecule has 128 valence electrons. The average Bonchev–Trinajstić information content (AvgIpc) is 2.91. The van der Waals surface area contributed by atoms with Gasteiger partial charge in [-0.15, -0.1) is 18.6 Å². The number of rotatable bonds is 2. The van der Waals surface area contributed by atoms with Crippen molar-refractivity contribution in [3.05, 3.63) is 64.3 Å². The Morgan fingerprint density at radius 2 is 1.71 bits per heavy atom. The van der Waals surface area contributed by atoms with E-state index in [1.165, 1.54) is 46.3 Å². The zero-order valence-corrected chi connectivity index (χ0v) is 19.9. The van der Waals surface area contributed by atoms with Gasteiger partial charge in [-0.2, -0.15) is 16.7 Å². The van der Waals surface area contributed by atoms with Crippen LogP contribution in [0.1, 0.15) is 78.4 Å². The van der Waals surface area contributed by atoms with Crippen LogP contribution in [0, 0.1) is 17.6 Å². The van der Waals surface area contributed by atoms with Crippen LogP contribution in [0.4, 0.5) is 0 Å². The normalized spacial score (nSPS) is 20.5. The van der Waals surface area contributed by atoms with E-state index in [1.807, 2.05) is 0 Å². The monoisotopic (exact) mass is 486 g/mol. The molecule has 0 saturated heterocycles. The number of allylic oxidation sites excluding steroid dienone is 6. The van der Waals surface area contributed by atoms with Gasteiger partial charge in [0.25, 0.3) is 0 Å². The Labute approximate surface area is 167 Å². The van der Waals surface area contributed by atoms with E-state index < -0.39 is 0 Å². The SMILES string of the molecule is CC1=[C-]C(C)(C)C(C)=C1C.CCCC1=[C-]C(C)c2ccccc21.[Hf]. The molecule has 1 aromatic carbocycles. The Morgan fingerprint density at radius 1 is 1.08 bits per heavy atom. The number of benzene rings is 1. The standard InChI is InChI=1S/C13H15.C10H15.Hf/c1-3-6-11-9-10(2)12-7-4-5-8-13(11)12;1-7-6-10(4,5)9(3)8(7)2;/h4-5,7-8,10H,3,6H2,1-2H3;1-5H3;/q2*-1;. The molecular weight excluding hydrogens is 455 g/mol. The molecule has 0 N–H and O–H groups in total. The molecule has 0 aliphatic heterocycles. The molecule has 0 aromatic heterocycles. The molecule has 0 amide bonds.